The van der Waals surface area contributed by atoms with Crippen molar-refractivity contribution in [3.63, 3.8) is 0 Å². The van der Waals surface area contributed by atoms with Gasteiger partial charge in [0.15, 0.2) is 0 Å². The van der Waals surface area contributed by atoms with Gasteiger partial charge in [0.1, 0.15) is 4.90 Å². The summed E-state index contributed by atoms with van der Waals surface area (Å²) in [6.45, 7) is 0. The van der Waals surface area contributed by atoms with Gasteiger partial charge in [0.05, 0.1) is 21.7 Å². The van der Waals surface area contributed by atoms with E-state index in [1.807, 2.05) is 5.16 Å². The van der Waals surface area contributed by atoms with E-state index >= 15 is 0 Å². The van der Waals surface area contributed by atoms with Crippen molar-refractivity contribution in [1.82, 2.24) is 0 Å². The molecule has 0 unspecified atom stereocenters. The molecular formula is C8H6N2O4S3. The molecule has 0 atom stereocenters. The Labute approximate surface area is 108 Å². The standard InChI is InChI=1S/C8H4N2O3S3.H2O/c11-16(12,13)8-3-6(9-4-14)1-2-7(8)10-5-15;/h1-3H,(H,11,12,13);1H2. The average Bonchev–Trinajstić information content (AvgIpc) is 2.19. The van der Waals surface area contributed by atoms with Gasteiger partial charge in [-0.25, -0.2) is 0 Å². The summed E-state index contributed by atoms with van der Waals surface area (Å²) in [6.07, 6.45) is 0. The van der Waals surface area contributed by atoms with Gasteiger partial charge < -0.3 is 5.48 Å². The van der Waals surface area contributed by atoms with Crippen molar-refractivity contribution in [1.29, 1.82) is 0 Å². The van der Waals surface area contributed by atoms with Crippen LogP contribution in [0.15, 0.2) is 33.1 Å². The van der Waals surface area contributed by atoms with Gasteiger partial charge in [0.2, 0.25) is 0 Å². The van der Waals surface area contributed by atoms with Gasteiger partial charge in [0, 0.05) is 0 Å². The Bertz CT molecular complexity index is 614. The van der Waals surface area contributed by atoms with Crippen molar-refractivity contribution in [3.05, 3.63) is 18.2 Å². The van der Waals surface area contributed by atoms with Crippen LogP contribution in [0.1, 0.15) is 0 Å². The molecule has 9 heteroatoms. The SMILES string of the molecule is O.O=S(=O)(O)c1cc(N=C=S)ccc1N=C=S. The number of isothiocyanates is 2. The third-order valence-corrected chi connectivity index (χ3v) is 2.63. The van der Waals surface area contributed by atoms with Crippen molar-refractivity contribution in [2.75, 3.05) is 0 Å². The summed E-state index contributed by atoms with van der Waals surface area (Å²) in [7, 11) is -4.40. The maximum atomic E-state index is 11.0. The smallest absolute Gasteiger partial charge is 0.296 e. The average molecular weight is 290 g/mol. The first-order valence-corrected chi connectivity index (χ1v) is 6.02. The number of hydrogen-bond acceptors (Lipinski definition) is 6. The molecule has 17 heavy (non-hydrogen) atoms. The van der Waals surface area contributed by atoms with E-state index in [1.54, 1.807) is 0 Å². The number of benzene rings is 1. The van der Waals surface area contributed by atoms with E-state index in [0.717, 1.165) is 6.07 Å². The van der Waals surface area contributed by atoms with Crippen molar-refractivity contribution < 1.29 is 18.4 Å². The molecule has 0 radical (unpaired) electrons. The summed E-state index contributed by atoms with van der Waals surface area (Å²) in [5.41, 5.74) is 0.228. The van der Waals surface area contributed by atoms with Gasteiger partial charge in [-0.2, -0.15) is 18.4 Å². The van der Waals surface area contributed by atoms with Crippen LogP contribution in [0.4, 0.5) is 11.4 Å². The number of rotatable bonds is 3. The molecule has 0 aromatic heterocycles. The van der Waals surface area contributed by atoms with E-state index in [1.165, 1.54) is 12.1 Å². The second kappa shape index (κ2) is 6.43. The summed E-state index contributed by atoms with van der Waals surface area (Å²) in [6, 6.07) is 3.90. The summed E-state index contributed by atoms with van der Waals surface area (Å²) < 4.78 is 31.0. The molecule has 1 aromatic rings. The molecule has 0 fully saturated rings. The first kappa shape index (κ1) is 15.7. The Morgan fingerprint density at radius 2 is 1.76 bits per heavy atom. The number of thiocarbonyl (C=S) groups is 2. The molecule has 0 heterocycles. The van der Waals surface area contributed by atoms with E-state index in [4.69, 9.17) is 4.55 Å². The quantitative estimate of drug-likeness (QED) is 0.516. The molecule has 0 amide bonds. The van der Waals surface area contributed by atoms with Crippen LogP contribution in [0.25, 0.3) is 0 Å². The summed E-state index contributed by atoms with van der Waals surface area (Å²) in [5.74, 6) is 0. The number of aliphatic imine (C=N–C) groups is 2. The zero-order valence-corrected chi connectivity index (χ0v) is 10.6. The van der Waals surface area contributed by atoms with Crippen LogP contribution in [0.3, 0.4) is 0 Å². The van der Waals surface area contributed by atoms with Gasteiger partial charge in [0.25, 0.3) is 10.1 Å². The Balaban J connectivity index is 0.00000256. The minimum absolute atomic E-state index is 0. The molecule has 3 N–H and O–H groups in total. The topological polar surface area (TPSA) is 111 Å². The Morgan fingerprint density at radius 1 is 1.18 bits per heavy atom. The Morgan fingerprint density at radius 3 is 2.24 bits per heavy atom. The molecular weight excluding hydrogens is 284 g/mol. The fourth-order valence-corrected chi connectivity index (χ4v) is 1.82. The lowest BCUT2D eigenvalue weighted by molar-refractivity contribution is 0.483. The van der Waals surface area contributed by atoms with Crippen molar-refractivity contribution in [2.45, 2.75) is 4.90 Å². The molecule has 6 nitrogen and oxygen atoms in total. The molecule has 0 aliphatic heterocycles. The van der Waals surface area contributed by atoms with Crippen LogP contribution in [0, 0.1) is 0 Å². The van der Waals surface area contributed by atoms with Crippen LogP contribution < -0.4 is 0 Å². The van der Waals surface area contributed by atoms with E-state index in [-0.39, 0.29) is 16.9 Å². The lowest BCUT2D eigenvalue weighted by Crippen LogP contribution is -1.98. The van der Waals surface area contributed by atoms with Gasteiger partial charge in [-0.3, -0.25) is 4.55 Å². The minimum atomic E-state index is -4.40. The van der Waals surface area contributed by atoms with Crippen molar-refractivity contribution in [2.24, 2.45) is 9.98 Å². The molecule has 0 spiro atoms. The summed E-state index contributed by atoms with van der Waals surface area (Å²) in [5, 5.41) is 4.09. The third-order valence-electron chi connectivity index (χ3n) is 1.56. The van der Waals surface area contributed by atoms with Crippen LogP contribution in [-0.2, 0) is 10.1 Å². The molecule has 90 valence electrons. The fraction of sp³-hybridized carbons (Fsp3) is 0. The molecule has 0 saturated carbocycles. The molecule has 0 bridgehead atoms. The fourth-order valence-electron chi connectivity index (χ4n) is 0.973. The highest BCUT2D eigenvalue weighted by Crippen LogP contribution is 2.28. The van der Waals surface area contributed by atoms with Crippen LogP contribution >= 0.6 is 24.4 Å². The first-order valence-electron chi connectivity index (χ1n) is 3.76. The van der Waals surface area contributed by atoms with Crippen LogP contribution in [0.2, 0.25) is 0 Å². The zero-order chi connectivity index (χ0) is 12.2. The second-order valence-corrected chi connectivity index (χ2v) is 4.29. The Kier molecular flexibility index (Phi) is 5.94. The molecule has 1 rings (SSSR count). The molecule has 0 aliphatic carbocycles. The Hall–Kier alpha value is -1.31. The molecule has 0 aliphatic rings. The summed E-state index contributed by atoms with van der Waals surface area (Å²) >= 11 is 8.73. The van der Waals surface area contributed by atoms with Gasteiger partial charge >= 0.3 is 0 Å². The normalized spacial score (nSPS) is 9.47. The molecule has 1 aromatic carbocycles. The van der Waals surface area contributed by atoms with Crippen molar-refractivity contribution >= 4 is 56.3 Å². The maximum absolute atomic E-state index is 11.0. The van der Waals surface area contributed by atoms with Crippen LogP contribution in [0.5, 0.6) is 0 Å². The highest BCUT2D eigenvalue weighted by atomic mass is 32.2. The van der Waals surface area contributed by atoms with E-state index in [9.17, 15) is 8.42 Å². The maximum Gasteiger partial charge on any atom is 0.296 e. The first-order chi connectivity index (χ1) is 7.49. The number of nitrogens with zero attached hydrogens (tertiary/aromatic N) is 2. The highest BCUT2D eigenvalue weighted by molar-refractivity contribution is 7.86. The largest absolute Gasteiger partial charge is 0.412 e. The van der Waals surface area contributed by atoms with E-state index in [0.29, 0.717) is 0 Å². The van der Waals surface area contributed by atoms with Gasteiger partial charge in [-0.1, -0.05) is 0 Å². The van der Waals surface area contributed by atoms with Crippen molar-refractivity contribution in [3.8, 4) is 0 Å². The minimum Gasteiger partial charge on any atom is -0.412 e. The third kappa shape index (κ3) is 4.22. The zero-order valence-electron chi connectivity index (χ0n) is 8.11. The lowest BCUT2D eigenvalue weighted by atomic mass is 10.3. The van der Waals surface area contributed by atoms with Gasteiger partial charge in [-0.05, 0) is 42.6 Å². The van der Waals surface area contributed by atoms with E-state index < -0.39 is 15.0 Å². The molecule has 0 saturated heterocycles. The van der Waals surface area contributed by atoms with Gasteiger partial charge in [-0.15, -0.1) is 0 Å². The number of hydrogen-bond donors (Lipinski definition) is 1. The van der Waals surface area contributed by atoms with E-state index in [2.05, 4.69) is 39.6 Å². The summed E-state index contributed by atoms with van der Waals surface area (Å²) in [4.78, 5) is 6.69. The monoisotopic (exact) mass is 290 g/mol. The predicted molar refractivity (Wildman–Crippen MR) is 69.2 cm³/mol. The predicted octanol–water partition coefficient (Wildman–Crippen LogP) is 1.58. The second-order valence-electron chi connectivity index (χ2n) is 2.53. The highest BCUT2D eigenvalue weighted by Gasteiger charge is 2.15. The van der Waals surface area contributed by atoms with Crippen LogP contribution in [-0.4, -0.2) is 28.8 Å². The lowest BCUT2D eigenvalue weighted by Gasteiger charge is -2.01.